The van der Waals surface area contributed by atoms with Crippen LogP contribution >= 0.6 is 15.9 Å². The zero-order valence-corrected chi connectivity index (χ0v) is 13.6. The fourth-order valence-corrected chi connectivity index (χ4v) is 3.30. The van der Waals surface area contributed by atoms with Crippen LogP contribution in [0.15, 0.2) is 33.3 Å². The fraction of sp³-hybridized carbons (Fsp3) is 0.438. The van der Waals surface area contributed by atoms with Gasteiger partial charge >= 0.3 is 0 Å². The van der Waals surface area contributed by atoms with Crippen LogP contribution in [0.4, 0.5) is 0 Å². The lowest BCUT2D eigenvalue weighted by atomic mass is 10.1. The number of benzene rings is 1. The first-order valence-corrected chi connectivity index (χ1v) is 8.13. The van der Waals surface area contributed by atoms with Crippen molar-refractivity contribution in [3.05, 3.63) is 45.8 Å². The standard InChI is InChI=1S/C16H19BrN2O2/c1-2-13-9-16(21-18-13)14-4-3-7-19(14)10-11-8-12(17)5-6-15(11)20/h5-6,8-9,14,20H,2-4,7,10H2,1H3. The minimum absolute atomic E-state index is 0.260. The third-order valence-corrected chi connectivity index (χ3v) is 4.54. The monoisotopic (exact) mass is 350 g/mol. The summed E-state index contributed by atoms with van der Waals surface area (Å²) in [5.41, 5.74) is 1.94. The van der Waals surface area contributed by atoms with Crippen molar-refractivity contribution in [2.24, 2.45) is 0 Å². The molecule has 0 amide bonds. The van der Waals surface area contributed by atoms with Crippen LogP contribution in [0.2, 0.25) is 0 Å². The molecule has 0 radical (unpaired) electrons. The fourth-order valence-electron chi connectivity index (χ4n) is 2.89. The molecule has 112 valence electrons. The van der Waals surface area contributed by atoms with E-state index in [2.05, 4.69) is 39.0 Å². The summed E-state index contributed by atoms with van der Waals surface area (Å²) in [4.78, 5) is 2.35. The number of halogens is 1. The highest BCUT2D eigenvalue weighted by molar-refractivity contribution is 9.10. The van der Waals surface area contributed by atoms with Crippen molar-refractivity contribution < 1.29 is 9.63 Å². The molecule has 5 heteroatoms. The Morgan fingerprint density at radius 2 is 2.29 bits per heavy atom. The van der Waals surface area contributed by atoms with Gasteiger partial charge in [0.15, 0.2) is 5.76 Å². The van der Waals surface area contributed by atoms with Crippen molar-refractivity contribution in [1.82, 2.24) is 10.1 Å². The van der Waals surface area contributed by atoms with Gasteiger partial charge in [0.1, 0.15) is 5.75 Å². The van der Waals surface area contributed by atoms with Crippen LogP contribution in [0.5, 0.6) is 5.75 Å². The molecule has 1 aromatic carbocycles. The highest BCUT2D eigenvalue weighted by atomic mass is 79.9. The summed E-state index contributed by atoms with van der Waals surface area (Å²) in [5, 5.41) is 14.1. The Bertz CT molecular complexity index is 626. The van der Waals surface area contributed by atoms with Crippen molar-refractivity contribution in [3.8, 4) is 5.75 Å². The van der Waals surface area contributed by atoms with Crippen molar-refractivity contribution in [3.63, 3.8) is 0 Å². The van der Waals surface area contributed by atoms with Gasteiger partial charge in [-0.2, -0.15) is 0 Å². The average molecular weight is 351 g/mol. The summed E-state index contributed by atoms with van der Waals surface area (Å²) in [5.74, 6) is 1.29. The topological polar surface area (TPSA) is 49.5 Å². The van der Waals surface area contributed by atoms with Crippen LogP contribution in [0.1, 0.15) is 42.8 Å². The lowest BCUT2D eigenvalue weighted by molar-refractivity contribution is 0.204. The van der Waals surface area contributed by atoms with Crippen molar-refractivity contribution >= 4 is 15.9 Å². The van der Waals surface area contributed by atoms with E-state index in [0.717, 1.165) is 53.8 Å². The molecule has 1 aliphatic rings. The maximum absolute atomic E-state index is 10.0. The number of hydrogen-bond acceptors (Lipinski definition) is 4. The maximum atomic E-state index is 10.0. The van der Waals surface area contributed by atoms with Crippen molar-refractivity contribution in [2.75, 3.05) is 6.54 Å². The smallest absolute Gasteiger partial charge is 0.154 e. The van der Waals surface area contributed by atoms with E-state index in [4.69, 9.17) is 4.52 Å². The molecule has 1 fully saturated rings. The summed E-state index contributed by atoms with van der Waals surface area (Å²) in [6.07, 6.45) is 3.11. The summed E-state index contributed by atoms with van der Waals surface area (Å²) in [6, 6.07) is 7.88. The van der Waals surface area contributed by atoms with Gasteiger partial charge in [0, 0.05) is 22.6 Å². The van der Waals surface area contributed by atoms with E-state index in [1.165, 1.54) is 0 Å². The van der Waals surface area contributed by atoms with Gasteiger partial charge in [0.05, 0.1) is 11.7 Å². The van der Waals surface area contributed by atoms with E-state index in [1.54, 1.807) is 6.07 Å². The summed E-state index contributed by atoms with van der Waals surface area (Å²) in [6.45, 7) is 3.81. The molecule has 1 aromatic heterocycles. The predicted octanol–water partition coefficient (Wildman–Crippen LogP) is 4.04. The Kier molecular flexibility index (Phi) is 4.31. The molecule has 0 spiro atoms. The lowest BCUT2D eigenvalue weighted by Crippen LogP contribution is -2.22. The van der Waals surface area contributed by atoms with Crippen molar-refractivity contribution in [2.45, 2.75) is 38.8 Å². The zero-order chi connectivity index (χ0) is 14.8. The molecular formula is C16H19BrN2O2. The molecule has 21 heavy (non-hydrogen) atoms. The molecule has 2 heterocycles. The summed E-state index contributed by atoms with van der Waals surface area (Å²) in [7, 11) is 0. The molecule has 3 rings (SSSR count). The quantitative estimate of drug-likeness (QED) is 0.903. The number of phenols is 1. The number of rotatable bonds is 4. The van der Waals surface area contributed by atoms with Gasteiger partial charge in [-0.1, -0.05) is 28.0 Å². The molecule has 1 atom stereocenters. The summed E-state index contributed by atoms with van der Waals surface area (Å²) < 4.78 is 6.48. The van der Waals surface area contributed by atoms with Crippen LogP contribution in [0.3, 0.4) is 0 Å². The largest absolute Gasteiger partial charge is 0.508 e. The number of hydrogen-bond donors (Lipinski definition) is 1. The molecule has 2 aromatic rings. The third kappa shape index (κ3) is 3.14. The second kappa shape index (κ2) is 6.20. The Morgan fingerprint density at radius 1 is 1.43 bits per heavy atom. The Morgan fingerprint density at radius 3 is 3.05 bits per heavy atom. The van der Waals surface area contributed by atoms with E-state index in [1.807, 2.05) is 12.1 Å². The van der Waals surface area contributed by atoms with Crippen molar-refractivity contribution in [1.29, 1.82) is 0 Å². The van der Waals surface area contributed by atoms with Crippen LogP contribution in [-0.4, -0.2) is 21.7 Å². The van der Waals surface area contributed by atoms with Gasteiger partial charge in [-0.3, -0.25) is 4.90 Å². The number of aromatic hydroxyl groups is 1. The van der Waals surface area contributed by atoms with E-state index in [0.29, 0.717) is 5.75 Å². The molecule has 0 saturated carbocycles. The maximum Gasteiger partial charge on any atom is 0.154 e. The number of aryl methyl sites for hydroxylation is 1. The summed E-state index contributed by atoms with van der Waals surface area (Å²) >= 11 is 3.46. The number of nitrogens with zero attached hydrogens (tertiary/aromatic N) is 2. The van der Waals surface area contributed by atoms with Gasteiger partial charge < -0.3 is 9.63 Å². The Hall–Kier alpha value is -1.33. The number of aromatic nitrogens is 1. The zero-order valence-electron chi connectivity index (χ0n) is 12.1. The molecular weight excluding hydrogens is 332 g/mol. The molecule has 1 aliphatic heterocycles. The SMILES string of the molecule is CCc1cc(C2CCCN2Cc2cc(Br)ccc2O)on1. The first-order chi connectivity index (χ1) is 10.2. The lowest BCUT2D eigenvalue weighted by Gasteiger charge is -2.22. The second-order valence-corrected chi connectivity index (χ2v) is 6.39. The van der Waals surface area contributed by atoms with Crippen LogP contribution in [0, 0.1) is 0 Å². The van der Waals surface area contributed by atoms with Gasteiger partial charge in [0.2, 0.25) is 0 Å². The van der Waals surface area contributed by atoms with E-state index in [9.17, 15) is 5.11 Å². The highest BCUT2D eigenvalue weighted by Crippen LogP contribution is 2.35. The normalized spacial score (nSPS) is 19.2. The molecule has 1 N–H and O–H groups in total. The first kappa shape index (κ1) is 14.6. The minimum atomic E-state index is 0.260. The van der Waals surface area contributed by atoms with E-state index < -0.39 is 0 Å². The Labute approximate surface area is 132 Å². The first-order valence-electron chi connectivity index (χ1n) is 7.34. The van der Waals surface area contributed by atoms with Crippen LogP contribution in [0.25, 0.3) is 0 Å². The third-order valence-electron chi connectivity index (χ3n) is 4.05. The molecule has 1 unspecified atom stereocenters. The van der Waals surface area contributed by atoms with Crippen LogP contribution in [-0.2, 0) is 13.0 Å². The average Bonchev–Trinajstić information content (AvgIpc) is 3.11. The molecule has 1 saturated heterocycles. The number of likely N-dealkylation sites (tertiary alicyclic amines) is 1. The minimum Gasteiger partial charge on any atom is -0.508 e. The van der Waals surface area contributed by atoms with E-state index in [-0.39, 0.29) is 6.04 Å². The second-order valence-electron chi connectivity index (χ2n) is 5.48. The Balaban J connectivity index is 1.79. The molecule has 0 aliphatic carbocycles. The highest BCUT2D eigenvalue weighted by Gasteiger charge is 2.29. The van der Waals surface area contributed by atoms with Gasteiger partial charge in [-0.05, 0) is 44.0 Å². The van der Waals surface area contributed by atoms with Crippen LogP contribution < -0.4 is 0 Å². The molecule has 4 nitrogen and oxygen atoms in total. The van der Waals surface area contributed by atoms with Gasteiger partial charge in [0.25, 0.3) is 0 Å². The van der Waals surface area contributed by atoms with Gasteiger partial charge in [-0.15, -0.1) is 0 Å². The van der Waals surface area contributed by atoms with E-state index >= 15 is 0 Å². The van der Waals surface area contributed by atoms with Gasteiger partial charge in [-0.25, -0.2) is 0 Å². The predicted molar refractivity (Wildman–Crippen MR) is 84.1 cm³/mol. The molecule has 0 bridgehead atoms. The number of phenolic OH excluding ortho intramolecular Hbond substituents is 1.